The van der Waals surface area contributed by atoms with E-state index in [4.69, 9.17) is 10.1 Å². The molecule has 12 heavy (non-hydrogen) atoms. The predicted molar refractivity (Wildman–Crippen MR) is 52.6 cm³/mol. The standard InChI is InChI=1S/C10H19NO/c1-5-9(4)6-10(11)12-7-8(2)3/h6,8,11H,5,7H2,1-4H3/b9-6-,11-10?. The molecule has 0 aromatic rings. The quantitative estimate of drug-likeness (QED) is 0.509. The van der Waals surface area contributed by atoms with E-state index in [9.17, 15) is 0 Å². The van der Waals surface area contributed by atoms with E-state index >= 15 is 0 Å². The largest absolute Gasteiger partial charge is 0.478 e. The van der Waals surface area contributed by atoms with Crippen LogP contribution in [0.3, 0.4) is 0 Å². The Morgan fingerprint density at radius 2 is 2.08 bits per heavy atom. The Kier molecular flexibility index (Phi) is 5.43. The van der Waals surface area contributed by atoms with Gasteiger partial charge in [-0.15, -0.1) is 0 Å². The molecular weight excluding hydrogens is 150 g/mol. The molecule has 0 aromatic heterocycles. The van der Waals surface area contributed by atoms with Crippen LogP contribution in [0.1, 0.15) is 34.1 Å². The van der Waals surface area contributed by atoms with Crippen molar-refractivity contribution < 1.29 is 4.74 Å². The van der Waals surface area contributed by atoms with Crippen LogP contribution in [0.25, 0.3) is 0 Å². The van der Waals surface area contributed by atoms with E-state index in [1.807, 2.05) is 6.92 Å². The fourth-order valence-corrected chi connectivity index (χ4v) is 0.624. The van der Waals surface area contributed by atoms with Gasteiger partial charge in [0, 0.05) is 0 Å². The molecule has 2 nitrogen and oxygen atoms in total. The van der Waals surface area contributed by atoms with E-state index in [2.05, 4.69) is 20.8 Å². The van der Waals surface area contributed by atoms with Crippen LogP contribution in [0, 0.1) is 11.3 Å². The zero-order valence-electron chi connectivity index (χ0n) is 8.48. The topological polar surface area (TPSA) is 33.1 Å². The van der Waals surface area contributed by atoms with Gasteiger partial charge >= 0.3 is 0 Å². The Bertz CT molecular complexity index is 171. The van der Waals surface area contributed by atoms with Crippen LogP contribution >= 0.6 is 0 Å². The molecule has 0 unspecified atom stereocenters. The fourth-order valence-electron chi connectivity index (χ4n) is 0.624. The first kappa shape index (κ1) is 11.2. The van der Waals surface area contributed by atoms with Gasteiger partial charge in [-0.2, -0.15) is 0 Å². The molecule has 0 aliphatic carbocycles. The first-order valence-electron chi connectivity index (χ1n) is 4.44. The van der Waals surface area contributed by atoms with Crippen LogP contribution in [0.5, 0.6) is 0 Å². The van der Waals surface area contributed by atoms with Gasteiger partial charge in [0.2, 0.25) is 5.90 Å². The predicted octanol–water partition coefficient (Wildman–Crippen LogP) is 2.99. The number of nitrogens with one attached hydrogen (secondary N) is 1. The van der Waals surface area contributed by atoms with Crippen molar-refractivity contribution in [2.75, 3.05) is 6.61 Å². The van der Waals surface area contributed by atoms with Gasteiger partial charge in [0.25, 0.3) is 0 Å². The number of allylic oxidation sites excluding steroid dienone is 1. The Labute approximate surface area is 75.1 Å². The lowest BCUT2D eigenvalue weighted by molar-refractivity contribution is 0.258. The summed E-state index contributed by atoms with van der Waals surface area (Å²) in [6, 6.07) is 0. The van der Waals surface area contributed by atoms with E-state index in [1.165, 1.54) is 5.57 Å². The van der Waals surface area contributed by atoms with Gasteiger partial charge in [0.1, 0.15) is 0 Å². The van der Waals surface area contributed by atoms with Crippen molar-refractivity contribution in [3.05, 3.63) is 11.6 Å². The number of ether oxygens (including phenoxy) is 1. The summed E-state index contributed by atoms with van der Waals surface area (Å²) in [6.45, 7) is 8.86. The average Bonchev–Trinajstić information content (AvgIpc) is 2.00. The maximum atomic E-state index is 7.42. The molecule has 0 heterocycles. The lowest BCUT2D eigenvalue weighted by Crippen LogP contribution is -2.07. The number of rotatable bonds is 4. The third-order valence-corrected chi connectivity index (χ3v) is 1.51. The van der Waals surface area contributed by atoms with E-state index in [0.717, 1.165) is 6.42 Å². The van der Waals surface area contributed by atoms with Gasteiger partial charge in [-0.05, 0) is 25.3 Å². The molecule has 0 bridgehead atoms. The summed E-state index contributed by atoms with van der Waals surface area (Å²) in [5, 5.41) is 7.42. The Morgan fingerprint density at radius 3 is 2.50 bits per heavy atom. The van der Waals surface area contributed by atoms with Crippen LogP contribution in [-0.4, -0.2) is 12.5 Å². The molecule has 0 fully saturated rings. The molecule has 0 aliphatic heterocycles. The molecule has 0 rings (SSSR count). The maximum absolute atomic E-state index is 7.42. The van der Waals surface area contributed by atoms with Crippen LogP contribution in [0.2, 0.25) is 0 Å². The maximum Gasteiger partial charge on any atom is 0.205 e. The minimum atomic E-state index is 0.281. The zero-order chi connectivity index (χ0) is 9.56. The van der Waals surface area contributed by atoms with Gasteiger partial charge in [-0.25, -0.2) is 0 Å². The minimum absolute atomic E-state index is 0.281. The smallest absolute Gasteiger partial charge is 0.205 e. The summed E-state index contributed by atoms with van der Waals surface area (Å²) in [5.74, 6) is 0.767. The second-order valence-corrected chi connectivity index (χ2v) is 3.41. The molecule has 0 saturated carbocycles. The highest BCUT2D eigenvalue weighted by molar-refractivity contribution is 5.85. The highest BCUT2D eigenvalue weighted by Crippen LogP contribution is 2.00. The summed E-state index contributed by atoms with van der Waals surface area (Å²) >= 11 is 0. The van der Waals surface area contributed by atoms with Crippen LogP contribution in [0.15, 0.2) is 11.6 Å². The Hall–Kier alpha value is -0.790. The van der Waals surface area contributed by atoms with Crippen molar-refractivity contribution in [1.29, 1.82) is 5.41 Å². The lowest BCUT2D eigenvalue weighted by Gasteiger charge is -2.06. The van der Waals surface area contributed by atoms with Crippen molar-refractivity contribution in [2.45, 2.75) is 34.1 Å². The summed E-state index contributed by atoms with van der Waals surface area (Å²) in [5.41, 5.74) is 1.18. The third kappa shape index (κ3) is 5.96. The molecule has 0 spiro atoms. The average molecular weight is 169 g/mol. The van der Waals surface area contributed by atoms with Crippen LogP contribution in [-0.2, 0) is 4.74 Å². The van der Waals surface area contributed by atoms with E-state index < -0.39 is 0 Å². The monoisotopic (exact) mass is 169 g/mol. The van der Waals surface area contributed by atoms with Crippen LogP contribution < -0.4 is 0 Å². The van der Waals surface area contributed by atoms with E-state index in [1.54, 1.807) is 6.08 Å². The highest BCUT2D eigenvalue weighted by Gasteiger charge is 1.96. The normalized spacial score (nSPS) is 11.9. The number of hydrogen-bond donors (Lipinski definition) is 1. The first-order chi connectivity index (χ1) is 5.56. The van der Waals surface area contributed by atoms with E-state index in [0.29, 0.717) is 12.5 Å². The minimum Gasteiger partial charge on any atom is -0.478 e. The second-order valence-electron chi connectivity index (χ2n) is 3.41. The van der Waals surface area contributed by atoms with Gasteiger partial charge < -0.3 is 4.74 Å². The first-order valence-corrected chi connectivity index (χ1v) is 4.44. The molecule has 0 atom stereocenters. The summed E-state index contributed by atoms with van der Waals surface area (Å²) in [7, 11) is 0. The molecule has 1 N–H and O–H groups in total. The lowest BCUT2D eigenvalue weighted by atomic mass is 10.2. The van der Waals surface area contributed by atoms with Crippen molar-refractivity contribution in [2.24, 2.45) is 5.92 Å². The van der Waals surface area contributed by atoms with Gasteiger partial charge in [-0.3, -0.25) is 5.41 Å². The van der Waals surface area contributed by atoms with Crippen molar-refractivity contribution in [1.82, 2.24) is 0 Å². The Balaban J connectivity index is 3.74. The van der Waals surface area contributed by atoms with E-state index in [-0.39, 0.29) is 5.90 Å². The molecule has 0 amide bonds. The van der Waals surface area contributed by atoms with Crippen molar-refractivity contribution >= 4 is 5.90 Å². The summed E-state index contributed by atoms with van der Waals surface area (Å²) < 4.78 is 5.18. The molecule has 70 valence electrons. The van der Waals surface area contributed by atoms with Crippen molar-refractivity contribution in [3.8, 4) is 0 Å². The molecule has 0 aromatic carbocycles. The molecule has 0 aliphatic rings. The number of hydrogen-bond acceptors (Lipinski definition) is 2. The zero-order valence-corrected chi connectivity index (χ0v) is 8.48. The molecule has 0 saturated heterocycles. The summed E-state index contributed by atoms with van der Waals surface area (Å²) in [4.78, 5) is 0. The Morgan fingerprint density at radius 1 is 1.50 bits per heavy atom. The molecule has 0 radical (unpaired) electrons. The van der Waals surface area contributed by atoms with Gasteiger partial charge in [-0.1, -0.05) is 26.3 Å². The highest BCUT2D eigenvalue weighted by atomic mass is 16.5. The van der Waals surface area contributed by atoms with Gasteiger partial charge in [0.05, 0.1) is 6.61 Å². The van der Waals surface area contributed by atoms with Crippen LogP contribution in [0.4, 0.5) is 0 Å². The molecule has 2 heteroatoms. The third-order valence-electron chi connectivity index (χ3n) is 1.51. The van der Waals surface area contributed by atoms with Crippen molar-refractivity contribution in [3.63, 3.8) is 0 Å². The van der Waals surface area contributed by atoms with Gasteiger partial charge in [0.15, 0.2) is 0 Å². The SMILES string of the molecule is CC/C(C)=C\C(=N)OCC(C)C. The summed E-state index contributed by atoms with van der Waals surface area (Å²) in [6.07, 6.45) is 2.76. The second kappa shape index (κ2) is 5.81. The fraction of sp³-hybridized carbons (Fsp3) is 0.700. The molecular formula is C10H19NO.